The van der Waals surface area contributed by atoms with E-state index in [0.717, 1.165) is 19.4 Å². The first-order valence-electron chi connectivity index (χ1n) is 5.47. The molecule has 13 heavy (non-hydrogen) atoms. The highest BCUT2D eigenvalue weighted by molar-refractivity contribution is 5.89. The summed E-state index contributed by atoms with van der Waals surface area (Å²) in [6.45, 7) is 5.24. The number of likely N-dealkylation sites (tertiary alicyclic amines) is 1. The number of carbonyl (C=O) groups excluding carboxylic acids is 1. The molecule has 1 aliphatic heterocycles. The smallest absolute Gasteiger partial charge is 0.230 e. The zero-order chi connectivity index (χ0) is 9.47. The molecule has 0 aromatic rings. The SMILES string of the molecule is CC(C)N1CC2(CCCCC2)C1=O. The minimum atomic E-state index is 0.0997. The Morgan fingerprint density at radius 3 is 2.31 bits per heavy atom. The molecule has 1 heterocycles. The molecule has 2 nitrogen and oxygen atoms in total. The lowest BCUT2D eigenvalue weighted by molar-refractivity contribution is -0.166. The van der Waals surface area contributed by atoms with Crippen LogP contribution in [0.25, 0.3) is 0 Å². The van der Waals surface area contributed by atoms with Crippen molar-refractivity contribution >= 4 is 5.91 Å². The van der Waals surface area contributed by atoms with E-state index in [0.29, 0.717) is 11.9 Å². The number of rotatable bonds is 1. The van der Waals surface area contributed by atoms with E-state index >= 15 is 0 Å². The largest absolute Gasteiger partial charge is 0.339 e. The van der Waals surface area contributed by atoms with Gasteiger partial charge in [0, 0.05) is 12.6 Å². The summed E-state index contributed by atoms with van der Waals surface area (Å²) < 4.78 is 0. The summed E-state index contributed by atoms with van der Waals surface area (Å²) in [5, 5.41) is 0. The van der Waals surface area contributed by atoms with Crippen molar-refractivity contribution in [1.82, 2.24) is 4.90 Å². The molecule has 2 rings (SSSR count). The molecular weight excluding hydrogens is 162 g/mol. The van der Waals surface area contributed by atoms with Crippen LogP contribution in [0.2, 0.25) is 0 Å². The Kier molecular flexibility index (Phi) is 2.09. The van der Waals surface area contributed by atoms with Crippen molar-refractivity contribution in [2.75, 3.05) is 6.54 Å². The lowest BCUT2D eigenvalue weighted by Gasteiger charge is -2.52. The zero-order valence-corrected chi connectivity index (χ0v) is 8.68. The highest BCUT2D eigenvalue weighted by Gasteiger charge is 2.52. The molecule has 0 bridgehead atoms. The minimum Gasteiger partial charge on any atom is -0.339 e. The fourth-order valence-electron chi connectivity index (χ4n) is 2.70. The second kappa shape index (κ2) is 3.00. The molecule has 2 heteroatoms. The summed E-state index contributed by atoms with van der Waals surface area (Å²) >= 11 is 0. The zero-order valence-electron chi connectivity index (χ0n) is 8.68. The summed E-state index contributed by atoms with van der Waals surface area (Å²) in [7, 11) is 0. The molecule has 2 aliphatic rings. The monoisotopic (exact) mass is 181 g/mol. The number of β-lactam (4-membered cyclic amide) rings is 1. The van der Waals surface area contributed by atoms with Gasteiger partial charge in [0.05, 0.1) is 5.41 Å². The van der Waals surface area contributed by atoms with E-state index in [1.54, 1.807) is 0 Å². The number of hydrogen-bond acceptors (Lipinski definition) is 1. The van der Waals surface area contributed by atoms with Gasteiger partial charge in [0.15, 0.2) is 0 Å². The molecule has 1 aliphatic carbocycles. The first-order valence-corrected chi connectivity index (χ1v) is 5.47. The fraction of sp³-hybridized carbons (Fsp3) is 0.909. The van der Waals surface area contributed by atoms with Crippen LogP contribution in [0.3, 0.4) is 0 Å². The molecule has 74 valence electrons. The summed E-state index contributed by atoms with van der Waals surface area (Å²) in [6, 6.07) is 0.403. The van der Waals surface area contributed by atoms with Gasteiger partial charge in [-0.3, -0.25) is 4.79 Å². The van der Waals surface area contributed by atoms with E-state index in [2.05, 4.69) is 13.8 Å². The van der Waals surface area contributed by atoms with Crippen molar-refractivity contribution in [3.63, 3.8) is 0 Å². The first kappa shape index (κ1) is 9.04. The van der Waals surface area contributed by atoms with Gasteiger partial charge in [-0.1, -0.05) is 19.3 Å². The highest BCUT2D eigenvalue weighted by Crippen LogP contribution is 2.45. The van der Waals surface area contributed by atoms with E-state index < -0.39 is 0 Å². The molecule has 0 aromatic heterocycles. The Balaban J connectivity index is 2.01. The van der Waals surface area contributed by atoms with E-state index in [1.807, 2.05) is 4.90 Å². The van der Waals surface area contributed by atoms with Gasteiger partial charge in [-0.25, -0.2) is 0 Å². The Hall–Kier alpha value is -0.530. The van der Waals surface area contributed by atoms with Crippen molar-refractivity contribution in [3.8, 4) is 0 Å². The Bertz CT molecular complexity index is 216. The predicted octanol–water partition coefficient (Wildman–Crippen LogP) is 2.19. The van der Waals surface area contributed by atoms with Crippen molar-refractivity contribution in [2.24, 2.45) is 5.41 Å². The van der Waals surface area contributed by atoms with Gasteiger partial charge in [0.1, 0.15) is 0 Å². The maximum atomic E-state index is 11.9. The molecule has 0 N–H and O–H groups in total. The average molecular weight is 181 g/mol. The Morgan fingerprint density at radius 1 is 1.23 bits per heavy atom. The van der Waals surface area contributed by atoms with Crippen LogP contribution in [0.4, 0.5) is 0 Å². The third kappa shape index (κ3) is 1.27. The van der Waals surface area contributed by atoms with Crippen LogP contribution in [-0.2, 0) is 4.79 Å². The topological polar surface area (TPSA) is 20.3 Å². The van der Waals surface area contributed by atoms with Gasteiger partial charge in [0.25, 0.3) is 0 Å². The summed E-state index contributed by atoms with van der Waals surface area (Å²) in [4.78, 5) is 13.9. The molecule has 1 saturated heterocycles. The van der Waals surface area contributed by atoms with Crippen LogP contribution in [0.15, 0.2) is 0 Å². The van der Waals surface area contributed by atoms with Gasteiger partial charge in [-0.2, -0.15) is 0 Å². The lowest BCUT2D eigenvalue weighted by Crippen LogP contribution is -2.63. The third-order valence-electron chi connectivity index (χ3n) is 3.62. The van der Waals surface area contributed by atoms with Crippen molar-refractivity contribution in [1.29, 1.82) is 0 Å². The van der Waals surface area contributed by atoms with Crippen LogP contribution >= 0.6 is 0 Å². The Morgan fingerprint density at radius 2 is 1.85 bits per heavy atom. The summed E-state index contributed by atoms with van der Waals surface area (Å²) in [5.41, 5.74) is 0.0997. The van der Waals surface area contributed by atoms with Gasteiger partial charge < -0.3 is 4.90 Å². The van der Waals surface area contributed by atoms with Crippen LogP contribution in [0, 0.1) is 5.41 Å². The molecule has 0 atom stereocenters. The molecule has 1 amide bonds. The quantitative estimate of drug-likeness (QED) is 0.568. The molecule has 0 aromatic carbocycles. The van der Waals surface area contributed by atoms with Crippen LogP contribution in [0.1, 0.15) is 46.0 Å². The van der Waals surface area contributed by atoms with E-state index in [9.17, 15) is 4.79 Å². The van der Waals surface area contributed by atoms with Gasteiger partial charge >= 0.3 is 0 Å². The van der Waals surface area contributed by atoms with E-state index in [1.165, 1.54) is 19.3 Å². The normalized spacial score (nSPS) is 26.7. The molecule has 1 spiro atoms. The highest BCUT2D eigenvalue weighted by atomic mass is 16.2. The maximum absolute atomic E-state index is 11.9. The lowest BCUT2D eigenvalue weighted by atomic mass is 9.67. The van der Waals surface area contributed by atoms with Gasteiger partial charge in [-0.15, -0.1) is 0 Å². The first-order chi connectivity index (χ1) is 6.16. The van der Waals surface area contributed by atoms with Crippen LogP contribution in [0.5, 0.6) is 0 Å². The summed E-state index contributed by atoms with van der Waals surface area (Å²) in [6.07, 6.45) is 6.15. The van der Waals surface area contributed by atoms with E-state index in [4.69, 9.17) is 0 Å². The molecular formula is C11H19NO. The van der Waals surface area contributed by atoms with Crippen molar-refractivity contribution in [3.05, 3.63) is 0 Å². The molecule has 0 radical (unpaired) electrons. The Labute approximate surface area is 80.3 Å². The average Bonchev–Trinajstić information content (AvgIpc) is 2.15. The molecule has 1 saturated carbocycles. The number of hydrogen-bond donors (Lipinski definition) is 0. The predicted molar refractivity (Wildman–Crippen MR) is 52.4 cm³/mol. The second-order valence-electron chi connectivity index (χ2n) is 4.87. The van der Waals surface area contributed by atoms with Gasteiger partial charge in [0.2, 0.25) is 5.91 Å². The van der Waals surface area contributed by atoms with Crippen LogP contribution < -0.4 is 0 Å². The number of nitrogens with zero attached hydrogens (tertiary/aromatic N) is 1. The van der Waals surface area contributed by atoms with Gasteiger partial charge in [-0.05, 0) is 26.7 Å². The minimum absolute atomic E-state index is 0.0997. The van der Waals surface area contributed by atoms with Crippen molar-refractivity contribution in [2.45, 2.75) is 52.0 Å². The second-order valence-corrected chi connectivity index (χ2v) is 4.87. The number of amides is 1. The standard InChI is InChI=1S/C11H19NO/c1-9(2)12-8-11(10(12)13)6-4-3-5-7-11/h9H,3-8H2,1-2H3. The van der Waals surface area contributed by atoms with E-state index in [-0.39, 0.29) is 5.41 Å². The third-order valence-corrected chi connectivity index (χ3v) is 3.62. The number of carbonyl (C=O) groups is 1. The fourth-order valence-corrected chi connectivity index (χ4v) is 2.70. The maximum Gasteiger partial charge on any atom is 0.230 e. The summed E-state index contributed by atoms with van der Waals surface area (Å²) in [5.74, 6) is 0.433. The molecule has 2 fully saturated rings. The van der Waals surface area contributed by atoms with Crippen molar-refractivity contribution < 1.29 is 4.79 Å². The van der Waals surface area contributed by atoms with Crippen LogP contribution in [-0.4, -0.2) is 23.4 Å². The molecule has 0 unspecified atom stereocenters.